The highest BCUT2D eigenvalue weighted by atomic mass is 17.5. The molecule has 2 aromatic carbocycles. The largest absolute Gasteiger partial charge is 0.543 e. The van der Waals surface area contributed by atoms with Crippen LogP contribution < -0.4 is 9.47 Å². The topological polar surface area (TPSA) is 161 Å². The number of hydrogen-bond donors (Lipinski definition) is 0. The molecule has 0 spiro atoms. The average molecular weight is 581 g/mol. The van der Waals surface area contributed by atoms with Gasteiger partial charge in [-0.2, -0.15) is 0 Å². The molecule has 0 aliphatic rings. The highest BCUT2D eigenvalue weighted by molar-refractivity contribution is 5.89. The van der Waals surface area contributed by atoms with E-state index in [1.165, 1.54) is 38.5 Å². The summed E-state index contributed by atoms with van der Waals surface area (Å²) in [5.74, 6) is -0.587. The predicted octanol–water partition coefficient (Wildman–Crippen LogP) is 5.45. The minimum atomic E-state index is -1.13. The van der Waals surface area contributed by atoms with E-state index in [0.717, 1.165) is 32.1 Å². The minimum absolute atomic E-state index is 0.113. The lowest BCUT2D eigenvalue weighted by Gasteiger charge is -2.05. The van der Waals surface area contributed by atoms with Gasteiger partial charge in [-0.15, -0.1) is 0 Å². The molecule has 0 fully saturated rings. The van der Waals surface area contributed by atoms with Crippen molar-refractivity contribution >= 4 is 24.2 Å². The molecule has 14 nitrogen and oxygen atoms in total. The van der Waals surface area contributed by atoms with E-state index in [2.05, 4.69) is 29.6 Å². The number of carbonyl (C=O) groups is 4. The summed E-state index contributed by atoms with van der Waals surface area (Å²) in [5.41, 5.74) is 0.350. The molecule has 0 aromatic heterocycles. The first-order valence-corrected chi connectivity index (χ1v) is 12.7. The van der Waals surface area contributed by atoms with Crippen LogP contribution in [0.1, 0.15) is 65.7 Å². The van der Waals surface area contributed by atoms with Crippen molar-refractivity contribution in [3.8, 4) is 11.5 Å². The Labute approximate surface area is 235 Å². The number of rotatable bonds is 18. The monoisotopic (exact) mass is 580 g/mol. The standard InChI is InChI=1S/C27H32O14/c1-32-22-14-10-20(11-15-22)24(28)36-40-38-26(30)34-18-8-6-4-3-5-7-9-19-35-27(31)39-41-37-25(29)21-12-16-23(33-2)17-13-21/h10-17H,3-9,18-19H2,1-2H3. The number of ether oxygens (including phenoxy) is 4. The zero-order valence-corrected chi connectivity index (χ0v) is 22.7. The van der Waals surface area contributed by atoms with Gasteiger partial charge in [-0.1, -0.05) is 32.1 Å². The molecule has 14 heteroatoms. The van der Waals surface area contributed by atoms with Crippen LogP contribution in [0.4, 0.5) is 9.59 Å². The van der Waals surface area contributed by atoms with Gasteiger partial charge in [0.15, 0.2) is 0 Å². The van der Waals surface area contributed by atoms with Crippen molar-refractivity contribution in [1.29, 1.82) is 0 Å². The van der Waals surface area contributed by atoms with E-state index in [1.807, 2.05) is 0 Å². The SMILES string of the molecule is COc1ccc(C(=O)OOOC(=O)OCCCCCCCCCOC(=O)OOOC(=O)c2ccc(OC)cc2)cc1. The fourth-order valence-corrected chi connectivity index (χ4v) is 3.15. The summed E-state index contributed by atoms with van der Waals surface area (Å²) in [6.45, 7) is 0.226. The molecule has 0 amide bonds. The van der Waals surface area contributed by atoms with Gasteiger partial charge in [0.1, 0.15) is 11.5 Å². The lowest BCUT2D eigenvalue weighted by atomic mass is 10.1. The van der Waals surface area contributed by atoms with Crippen LogP contribution in [0.25, 0.3) is 0 Å². The van der Waals surface area contributed by atoms with Crippen LogP contribution in [0.5, 0.6) is 11.5 Å². The molecule has 0 atom stereocenters. The minimum Gasteiger partial charge on any atom is -0.497 e. The molecule has 0 aliphatic carbocycles. The molecule has 41 heavy (non-hydrogen) atoms. The van der Waals surface area contributed by atoms with Gasteiger partial charge in [0, 0.05) is 0 Å². The van der Waals surface area contributed by atoms with Crippen molar-refractivity contribution in [1.82, 2.24) is 0 Å². The van der Waals surface area contributed by atoms with Crippen LogP contribution in [0.15, 0.2) is 48.5 Å². The average Bonchev–Trinajstić information content (AvgIpc) is 2.99. The molecular weight excluding hydrogens is 548 g/mol. The first-order chi connectivity index (χ1) is 19.9. The van der Waals surface area contributed by atoms with Gasteiger partial charge in [-0.25, -0.2) is 29.0 Å². The maximum Gasteiger partial charge on any atom is 0.543 e. The summed E-state index contributed by atoms with van der Waals surface area (Å²) in [4.78, 5) is 63.6. The van der Waals surface area contributed by atoms with E-state index in [-0.39, 0.29) is 24.3 Å². The number of methoxy groups -OCH3 is 2. The normalized spacial score (nSPS) is 10.2. The van der Waals surface area contributed by atoms with Crippen molar-refractivity contribution in [3.63, 3.8) is 0 Å². The Hall–Kier alpha value is -4.56. The van der Waals surface area contributed by atoms with Crippen molar-refractivity contribution in [2.24, 2.45) is 0 Å². The van der Waals surface area contributed by atoms with E-state index in [0.29, 0.717) is 24.3 Å². The summed E-state index contributed by atoms with van der Waals surface area (Å²) < 4.78 is 19.6. The van der Waals surface area contributed by atoms with Crippen molar-refractivity contribution < 1.29 is 67.8 Å². The summed E-state index contributed by atoms with van der Waals surface area (Å²) in [6.07, 6.45) is 3.33. The molecule has 0 radical (unpaired) electrons. The third-order valence-electron chi connectivity index (χ3n) is 5.30. The fraction of sp³-hybridized carbons (Fsp3) is 0.407. The Balaban J connectivity index is 1.36. The maximum absolute atomic E-state index is 11.7. The molecule has 2 aromatic rings. The molecule has 0 unspecified atom stereocenters. The molecule has 0 aliphatic heterocycles. The van der Waals surface area contributed by atoms with Gasteiger partial charge in [0.25, 0.3) is 0 Å². The van der Waals surface area contributed by atoms with E-state index in [4.69, 9.17) is 18.9 Å². The Kier molecular flexibility index (Phi) is 15.5. The zero-order chi connectivity index (χ0) is 29.7. The number of unbranched alkanes of at least 4 members (excludes halogenated alkanes) is 6. The maximum atomic E-state index is 11.7. The number of benzene rings is 2. The Bertz CT molecular complexity index is 983. The predicted molar refractivity (Wildman–Crippen MR) is 136 cm³/mol. The van der Waals surface area contributed by atoms with Gasteiger partial charge < -0.3 is 18.9 Å². The van der Waals surface area contributed by atoms with Crippen LogP contribution in [0.2, 0.25) is 0 Å². The second kappa shape index (κ2) is 19.5. The van der Waals surface area contributed by atoms with Crippen LogP contribution >= 0.6 is 0 Å². The molecular formula is C27H32O14. The van der Waals surface area contributed by atoms with Gasteiger partial charge in [-0.05, 0) is 61.4 Å². The van der Waals surface area contributed by atoms with Gasteiger partial charge in [-0.3, -0.25) is 9.78 Å². The fourth-order valence-electron chi connectivity index (χ4n) is 3.15. The van der Waals surface area contributed by atoms with E-state index >= 15 is 0 Å². The van der Waals surface area contributed by atoms with Crippen LogP contribution in [0.3, 0.4) is 0 Å². The Morgan fingerprint density at radius 3 is 1.17 bits per heavy atom. The lowest BCUT2D eigenvalue weighted by molar-refractivity contribution is -0.452. The highest BCUT2D eigenvalue weighted by Crippen LogP contribution is 2.13. The molecule has 0 bridgehead atoms. The van der Waals surface area contributed by atoms with Crippen molar-refractivity contribution in [3.05, 3.63) is 59.7 Å². The van der Waals surface area contributed by atoms with E-state index in [1.54, 1.807) is 24.3 Å². The molecule has 0 heterocycles. The third kappa shape index (κ3) is 13.9. The first kappa shape index (κ1) is 32.7. The summed E-state index contributed by atoms with van der Waals surface area (Å²) in [6, 6.07) is 12.1. The Morgan fingerprint density at radius 1 is 0.488 bits per heavy atom. The molecule has 0 saturated heterocycles. The quantitative estimate of drug-likeness (QED) is 0.0947. The van der Waals surface area contributed by atoms with Gasteiger partial charge in [0.05, 0.1) is 48.6 Å². The summed E-state index contributed by atoms with van der Waals surface area (Å²) in [5, 5.41) is 8.31. The summed E-state index contributed by atoms with van der Waals surface area (Å²) >= 11 is 0. The van der Waals surface area contributed by atoms with E-state index in [9.17, 15) is 19.2 Å². The van der Waals surface area contributed by atoms with Crippen LogP contribution in [-0.4, -0.2) is 51.7 Å². The lowest BCUT2D eigenvalue weighted by Crippen LogP contribution is -2.12. The molecule has 0 saturated carbocycles. The van der Waals surface area contributed by atoms with E-state index < -0.39 is 24.2 Å². The van der Waals surface area contributed by atoms with Gasteiger partial charge in [0.2, 0.25) is 0 Å². The second-order valence-electron chi connectivity index (χ2n) is 8.17. The molecule has 224 valence electrons. The third-order valence-corrected chi connectivity index (χ3v) is 5.30. The number of hydrogen-bond acceptors (Lipinski definition) is 14. The summed E-state index contributed by atoms with van der Waals surface area (Å²) in [7, 11) is 2.98. The van der Waals surface area contributed by atoms with Crippen molar-refractivity contribution in [2.45, 2.75) is 44.9 Å². The van der Waals surface area contributed by atoms with Crippen molar-refractivity contribution in [2.75, 3.05) is 27.4 Å². The smallest absolute Gasteiger partial charge is 0.497 e. The zero-order valence-electron chi connectivity index (χ0n) is 22.7. The highest BCUT2D eigenvalue weighted by Gasteiger charge is 2.13. The number of carbonyl (C=O) groups excluding carboxylic acids is 4. The Morgan fingerprint density at radius 2 is 0.829 bits per heavy atom. The molecule has 0 N–H and O–H groups in total. The molecule has 2 rings (SSSR count). The second-order valence-corrected chi connectivity index (χ2v) is 8.17. The van der Waals surface area contributed by atoms with Crippen LogP contribution in [-0.2, 0) is 39.1 Å². The first-order valence-electron chi connectivity index (χ1n) is 12.7. The van der Waals surface area contributed by atoms with Crippen LogP contribution in [0, 0.1) is 0 Å². The van der Waals surface area contributed by atoms with Gasteiger partial charge >= 0.3 is 24.2 Å².